The van der Waals surface area contributed by atoms with Gasteiger partial charge in [0.25, 0.3) is 0 Å². The van der Waals surface area contributed by atoms with E-state index in [1.807, 2.05) is 175 Å². The summed E-state index contributed by atoms with van der Waals surface area (Å²) in [4.78, 5) is 97.2. The zero-order valence-electron chi connectivity index (χ0n) is 80.3. The summed E-state index contributed by atoms with van der Waals surface area (Å²) in [6.45, 7) is 22.0. The lowest BCUT2D eigenvalue weighted by Gasteiger charge is -2.55. The first kappa shape index (κ1) is 93.1. The van der Waals surface area contributed by atoms with Crippen molar-refractivity contribution < 1.29 is 95.0 Å². The maximum Gasteiger partial charge on any atom is 0.226 e. The molecule has 8 aliphatic rings. The fourth-order valence-electron chi connectivity index (χ4n) is 19.5. The number of carbonyl (C=O) groups excluding carboxylic acids is 4. The second kappa shape index (κ2) is 39.4. The molecule has 18 heterocycles. The molecule has 4 N–H and O–H groups in total. The molecule has 10 aromatic heterocycles. The summed E-state index contributed by atoms with van der Waals surface area (Å²) >= 11 is 0. The van der Waals surface area contributed by atoms with E-state index in [0.29, 0.717) is 138 Å². The average molecular weight is 1920 g/mol. The van der Waals surface area contributed by atoms with Gasteiger partial charge >= 0.3 is 0 Å². The summed E-state index contributed by atoms with van der Waals surface area (Å²) < 4.78 is 92.1. The third kappa shape index (κ3) is 19.8. The highest BCUT2D eigenvalue weighted by molar-refractivity contribution is 5.93. The second-order valence-electron chi connectivity index (χ2n) is 38.3. The molecule has 4 spiro atoms. The van der Waals surface area contributed by atoms with Gasteiger partial charge < -0.3 is 115 Å². The first-order valence-electron chi connectivity index (χ1n) is 47.7. The topological polar surface area (TPSA) is 369 Å². The van der Waals surface area contributed by atoms with E-state index >= 15 is 0 Å². The third-order valence-corrected chi connectivity index (χ3v) is 27.1. The first-order valence-corrected chi connectivity index (χ1v) is 47.7. The summed E-state index contributed by atoms with van der Waals surface area (Å²) in [5, 5.41) is 7.38. The van der Waals surface area contributed by atoms with Gasteiger partial charge in [-0.15, -0.1) is 0 Å². The number of methoxy groups -OCH3 is 4. The number of aromatic amines is 4. The van der Waals surface area contributed by atoms with Crippen LogP contribution in [0.15, 0.2) is 183 Å². The molecule has 0 bridgehead atoms. The lowest BCUT2D eigenvalue weighted by atomic mass is 9.78. The van der Waals surface area contributed by atoms with Gasteiger partial charge in [-0.25, -0.2) is 9.97 Å². The molecule has 8 saturated heterocycles. The Morgan fingerprint density at radius 1 is 0.296 bits per heavy atom. The van der Waals surface area contributed by atoms with Crippen LogP contribution in [0.25, 0.3) is 87.5 Å². The van der Waals surface area contributed by atoms with Crippen molar-refractivity contribution in [2.24, 2.45) is 21.7 Å². The molecule has 0 radical (unpaired) electrons. The van der Waals surface area contributed by atoms with Crippen molar-refractivity contribution in [3.8, 4) is 92.0 Å². The summed E-state index contributed by atoms with van der Waals surface area (Å²) in [6.07, 6.45) is 13.0. The van der Waals surface area contributed by atoms with Crippen molar-refractivity contribution >= 4 is 111 Å². The molecular weight excluding hydrogens is 1810 g/mol. The van der Waals surface area contributed by atoms with E-state index in [1.54, 1.807) is 71.7 Å². The van der Waals surface area contributed by atoms with Crippen LogP contribution in [-0.2, 0) is 38.1 Å². The highest BCUT2D eigenvalue weighted by Gasteiger charge is 2.53. The molecule has 34 nitrogen and oxygen atoms in total. The van der Waals surface area contributed by atoms with Gasteiger partial charge in [-0.1, -0.05) is 0 Å². The Kier molecular flexibility index (Phi) is 25.8. The Morgan fingerprint density at radius 3 is 0.866 bits per heavy atom. The van der Waals surface area contributed by atoms with E-state index < -0.39 is 0 Å². The van der Waals surface area contributed by atoms with E-state index in [1.165, 1.54) is 0 Å². The number of fused-ring (bicyclic) bond motifs is 8. The van der Waals surface area contributed by atoms with Crippen LogP contribution < -0.4 is 56.8 Å². The summed E-state index contributed by atoms with van der Waals surface area (Å²) in [5.74, 6) is 10.5. The van der Waals surface area contributed by atoms with Crippen LogP contribution in [0.4, 0.5) is 0 Å². The van der Waals surface area contributed by atoms with Crippen molar-refractivity contribution in [3.05, 3.63) is 206 Å². The number of rotatable bonds is 30. The van der Waals surface area contributed by atoms with Crippen molar-refractivity contribution in [1.29, 1.82) is 0 Å². The quantitative estimate of drug-likeness (QED) is 0.0304. The van der Waals surface area contributed by atoms with Crippen LogP contribution in [-0.4, -0.2) is 253 Å². The van der Waals surface area contributed by atoms with Gasteiger partial charge in [-0.2, -0.15) is 0 Å². The first-order chi connectivity index (χ1) is 69.1. The molecule has 16 aromatic rings. The monoisotopic (exact) mass is 1920 g/mol. The Hall–Kier alpha value is -15.3. The zero-order chi connectivity index (χ0) is 97.4. The molecule has 24 rings (SSSR count). The second-order valence-corrected chi connectivity index (χ2v) is 38.3. The highest BCUT2D eigenvalue weighted by atomic mass is 16.5. The SMILES string of the molecule is COc1cc2c(Oc3ccc4[nH]c(C)cc4c3)ccnc2cc1OCCC(=O)N1CC2(COC2)C1.COc1cc2c(Oc3ccc4[nH]c(C)cc4c3)ccnc2cc1OCCCC(=O)N1CC2(COC2)C1.COc1cc2c(Oc3cnc4[nH]c(C)cc4c3)ccnc2cc1OCCC(=O)N1CC2(COC2)C1.COc1cc2c(Oc3cnc4[nH]c(C)cc4c3)ccnc2cc1OCCCC(=O)N1CC2(COC2)C1. The molecule has 8 fully saturated rings. The average Bonchev–Trinajstić information content (AvgIpc) is 0.925. The number of benzene rings is 6. The van der Waals surface area contributed by atoms with Crippen LogP contribution in [0, 0.1) is 49.4 Å². The minimum Gasteiger partial charge on any atom is -0.493 e. The van der Waals surface area contributed by atoms with E-state index in [-0.39, 0.29) is 58.5 Å². The normalized spacial score (nSPS) is 16.2. The van der Waals surface area contributed by atoms with Gasteiger partial charge in [0, 0.05) is 191 Å². The maximum atomic E-state index is 12.5. The Bertz CT molecular complexity index is 7020. The van der Waals surface area contributed by atoms with Gasteiger partial charge in [0.15, 0.2) is 46.0 Å². The number of aromatic nitrogens is 10. The minimum absolute atomic E-state index is 0.0966. The molecule has 0 aliphatic carbocycles. The smallest absolute Gasteiger partial charge is 0.226 e. The van der Waals surface area contributed by atoms with Crippen molar-refractivity contribution in [2.45, 2.75) is 66.2 Å². The molecule has 34 heteroatoms. The van der Waals surface area contributed by atoms with Crippen LogP contribution in [0.2, 0.25) is 0 Å². The molecule has 732 valence electrons. The van der Waals surface area contributed by atoms with Gasteiger partial charge in [0.05, 0.1) is 177 Å². The van der Waals surface area contributed by atoms with E-state index in [9.17, 15) is 19.2 Å². The van der Waals surface area contributed by atoms with Crippen LogP contribution >= 0.6 is 0 Å². The number of ether oxygens (including phenoxy) is 16. The van der Waals surface area contributed by atoms with E-state index in [2.05, 4.69) is 62.0 Å². The molecule has 0 atom stereocenters. The number of aryl methyl sites for hydroxylation is 4. The zero-order valence-corrected chi connectivity index (χ0v) is 80.3. The van der Waals surface area contributed by atoms with Crippen LogP contribution in [0.1, 0.15) is 61.3 Å². The van der Waals surface area contributed by atoms with Gasteiger partial charge in [-0.3, -0.25) is 39.1 Å². The molecule has 8 aliphatic heterocycles. The third-order valence-electron chi connectivity index (χ3n) is 27.1. The Morgan fingerprint density at radius 2 is 0.570 bits per heavy atom. The largest absolute Gasteiger partial charge is 0.493 e. The van der Waals surface area contributed by atoms with E-state index in [4.69, 9.17) is 75.8 Å². The summed E-state index contributed by atoms with van der Waals surface area (Å²) in [7, 11) is 6.39. The summed E-state index contributed by atoms with van der Waals surface area (Å²) in [6, 6.07) is 46.2. The number of H-pyrrole nitrogens is 4. The Balaban J connectivity index is 0.000000112. The fourth-order valence-corrected chi connectivity index (χ4v) is 19.5. The van der Waals surface area contributed by atoms with Gasteiger partial charge in [0.2, 0.25) is 23.6 Å². The lowest BCUT2D eigenvalue weighted by Crippen LogP contribution is -2.67. The highest BCUT2D eigenvalue weighted by Crippen LogP contribution is 2.47. The van der Waals surface area contributed by atoms with Gasteiger partial charge in [-0.05, 0) is 162 Å². The van der Waals surface area contributed by atoms with Crippen LogP contribution in [0.5, 0.6) is 92.0 Å². The maximum absolute atomic E-state index is 12.5. The number of hydrogen-bond donors (Lipinski definition) is 4. The number of amides is 4. The number of nitrogens with one attached hydrogen (secondary N) is 4. The molecule has 0 unspecified atom stereocenters. The number of hydrogen-bond acceptors (Lipinski definition) is 26. The molecule has 142 heavy (non-hydrogen) atoms. The lowest BCUT2D eigenvalue weighted by molar-refractivity contribution is -0.195. The van der Waals surface area contributed by atoms with Crippen molar-refractivity contribution in [2.75, 3.05) is 160 Å². The Labute approximate surface area is 816 Å². The molecule has 6 aromatic carbocycles. The number of nitrogens with zero attached hydrogens (tertiary/aromatic N) is 10. The number of likely N-dealkylation sites (tertiary alicyclic amines) is 4. The standard InChI is InChI=1S/C28H29N3O5.C27H28N4O5.C27H27N3O5.C26H26N4O5/c1-18-10-19-11-20(5-6-22(19)30-18)36-24-7-8-29-23-13-26(25(33-2)12-21(23)24)35-9-3-4-27(32)31-14-28(15-31)16-34-17-28;1-17-8-18-9-19(12-29-26(18)30-17)36-22-5-6-28-21-11-24(23(33-2)10-20(21)22)35-7-3-4-25(32)31-13-27(14-31)15-34-16-27;1-17-9-18-10-19(3-4-21(18)29-17)35-23-5-7-28-22-12-25(24(32-2)11-20(22)23)34-8-6-26(31)30-13-27(14-30)15-33-16-27;1-16-7-17-8-18(11-28-25(17)29-16)35-21-3-5-27-20-10-23(22(32-2)9-19(20)21)34-6-4-24(31)30-12-26(13-30)14-33-15-26/h5-8,10-13,30H,3-4,9,14-17H2,1-2H3;5-6,8-12H,3-4,7,13-16H2,1-2H3,(H,29,30);3-5,7,9-12,29H,6,8,13-16H2,1-2H3;3,5,7-11H,4,6,12-15H2,1-2H3,(H,28,29). The van der Waals surface area contributed by atoms with Crippen LogP contribution in [0.3, 0.4) is 0 Å². The fraction of sp³-hybridized carbons (Fsp3) is 0.352. The predicted molar refractivity (Wildman–Crippen MR) is 530 cm³/mol. The minimum atomic E-state index is 0.0966. The molecular formula is C108H110N14O20. The molecule has 0 saturated carbocycles. The van der Waals surface area contributed by atoms with Gasteiger partial charge in [0.1, 0.15) is 57.3 Å². The van der Waals surface area contributed by atoms with Crippen molar-refractivity contribution in [1.82, 2.24) is 69.4 Å². The van der Waals surface area contributed by atoms with Crippen molar-refractivity contribution in [3.63, 3.8) is 0 Å². The molecule has 4 amide bonds. The summed E-state index contributed by atoms with van der Waals surface area (Å²) in [5.41, 5.74) is 11.9. The predicted octanol–water partition coefficient (Wildman–Crippen LogP) is 17.4. The number of pyridine rings is 6. The number of carbonyl (C=O) groups is 4. The van der Waals surface area contributed by atoms with E-state index in [0.717, 1.165) is 221 Å².